The second kappa shape index (κ2) is 4.86. The van der Waals surface area contributed by atoms with Crippen molar-refractivity contribution in [2.45, 2.75) is 39.5 Å². The molecule has 0 saturated heterocycles. The summed E-state index contributed by atoms with van der Waals surface area (Å²) < 4.78 is 0. The number of hydrogen-bond donors (Lipinski definition) is 0. The van der Waals surface area contributed by atoms with Gasteiger partial charge in [0.2, 0.25) is 0 Å². The molecule has 0 unspecified atom stereocenters. The maximum atomic E-state index is 12.1. The number of carbonyl (C=O) groups is 2. The van der Waals surface area contributed by atoms with Crippen molar-refractivity contribution in [3.05, 3.63) is 46.5 Å². The van der Waals surface area contributed by atoms with Crippen molar-refractivity contribution < 1.29 is 9.59 Å². The Bertz CT molecular complexity index is 726. The maximum Gasteiger partial charge on any atom is 0.163 e. The zero-order chi connectivity index (χ0) is 14.3. The molecule has 0 N–H and O–H groups in total. The summed E-state index contributed by atoms with van der Waals surface area (Å²) >= 11 is 0. The first-order chi connectivity index (χ1) is 9.67. The van der Waals surface area contributed by atoms with Gasteiger partial charge < -0.3 is 0 Å². The van der Waals surface area contributed by atoms with Crippen LogP contribution < -0.4 is 0 Å². The van der Waals surface area contributed by atoms with Gasteiger partial charge in [-0.1, -0.05) is 38.1 Å². The van der Waals surface area contributed by atoms with Crippen molar-refractivity contribution in [1.82, 2.24) is 0 Å². The molecule has 0 aliphatic heterocycles. The van der Waals surface area contributed by atoms with Gasteiger partial charge in [0.05, 0.1) is 0 Å². The smallest absolute Gasteiger partial charge is 0.163 e. The minimum Gasteiger partial charge on any atom is -0.294 e. The molecule has 0 amide bonds. The summed E-state index contributed by atoms with van der Waals surface area (Å²) in [6.45, 7) is 3.78. The Kier molecular flexibility index (Phi) is 3.17. The van der Waals surface area contributed by atoms with Gasteiger partial charge in [-0.15, -0.1) is 0 Å². The standard InChI is InChI=1S/C18H18O2/c1-3-16(19)12-7-5-11-6-8-14-13(17(20)4-2)9-10-15(12)18(11)14/h5,7,9-10H,3-4,6,8H2,1-2H3. The molecule has 0 bridgehead atoms. The molecule has 20 heavy (non-hydrogen) atoms. The SMILES string of the molecule is CCC(=O)c1ccc2c(C(=O)CC)ccc3c2c1CC3. The zero-order valence-corrected chi connectivity index (χ0v) is 12.0. The molecule has 2 nitrogen and oxygen atoms in total. The topological polar surface area (TPSA) is 34.1 Å². The minimum absolute atomic E-state index is 0.170. The summed E-state index contributed by atoms with van der Waals surface area (Å²) in [4.78, 5) is 24.1. The molecule has 0 spiro atoms. The molecule has 102 valence electrons. The molecule has 2 heteroatoms. The first-order valence-electron chi connectivity index (χ1n) is 7.31. The number of aryl methyl sites for hydroxylation is 2. The van der Waals surface area contributed by atoms with Gasteiger partial charge in [-0.2, -0.15) is 0 Å². The predicted molar refractivity (Wildman–Crippen MR) is 80.6 cm³/mol. The maximum absolute atomic E-state index is 12.1. The Morgan fingerprint density at radius 2 is 1.55 bits per heavy atom. The monoisotopic (exact) mass is 266 g/mol. The molecule has 1 aliphatic carbocycles. The summed E-state index contributed by atoms with van der Waals surface area (Å²) in [5, 5.41) is 2.18. The number of rotatable bonds is 4. The highest BCUT2D eigenvalue weighted by molar-refractivity contribution is 6.12. The third kappa shape index (κ3) is 1.79. The van der Waals surface area contributed by atoms with E-state index in [9.17, 15) is 9.59 Å². The number of Topliss-reactive ketones (excluding diaryl/α,β-unsaturated/α-hetero) is 2. The average molecular weight is 266 g/mol. The van der Waals surface area contributed by atoms with E-state index in [-0.39, 0.29) is 11.6 Å². The van der Waals surface area contributed by atoms with Crippen LogP contribution in [0.1, 0.15) is 58.5 Å². The number of benzene rings is 2. The number of hydrogen-bond acceptors (Lipinski definition) is 2. The predicted octanol–water partition coefficient (Wildman–Crippen LogP) is 4.12. The third-order valence-corrected chi connectivity index (χ3v) is 4.26. The largest absolute Gasteiger partial charge is 0.294 e. The molecule has 2 aromatic carbocycles. The normalized spacial score (nSPS) is 12.9. The van der Waals surface area contributed by atoms with Crippen LogP contribution >= 0.6 is 0 Å². The molecule has 3 rings (SSSR count). The molecule has 0 heterocycles. The number of carbonyl (C=O) groups excluding carboxylic acids is 2. The van der Waals surface area contributed by atoms with E-state index in [0.717, 1.165) is 40.3 Å². The molecular formula is C18H18O2. The van der Waals surface area contributed by atoms with Crippen LogP contribution in [0, 0.1) is 0 Å². The summed E-state index contributed by atoms with van der Waals surface area (Å²) in [7, 11) is 0. The van der Waals surface area contributed by atoms with Gasteiger partial charge in [0, 0.05) is 24.0 Å². The molecule has 2 aromatic rings. The van der Waals surface area contributed by atoms with Crippen molar-refractivity contribution in [3.8, 4) is 0 Å². The van der Waals surface area contributed by atoms with Crippen LogP contribution in [-0.4, -0.2) is 11.6 Å². The van der Waals surface area contributed by atoms with Gasteiger partial charge in [0.1, 0.15) is 0 Å². The van der Waals surface area contributed by atoms with Crippen molar-refractivity contribution in [2.24, 2.45) is 0 Å². The van der Waals surface area contributed by atoms with Gasteiger partial charge >= 0.3 is 0 Å². The lowest BCUT2D eigenvalue weighted by Crippen LogP contribution is -2.03. The van der Waals surface area contributed by atoms with Crippen LogP contribution in [0.25, 0.3) is 10.8 Å². The van der Waals surface area contributed by atoms with E-state index in [4.69, 9.17) is 0 Å². The van der Waals surface area contributed by atoms with E-state index < -0.39 is 0 Å². The molecular weight excluding hydrogens is 248 g/mol. The van der Waals surface area contributed by atoms with Gasteiger partial charge in [0.15, 0.2) is 11.6 Å². The Labute approximate surface area is 118 Å². The third-order valence-electron chi connectivity index (χ3n) is 4.26. The van der Waals surface area contributed by atoms with Crippen LogP contribution in [-0.2, 0) is 12.8 Å². The Morgan fingerprint density at radius 3 is 2.25 bits per heavy atom. The Hall–Kier alpha value is -1.96. The first kappa shape index (κ1) is 13.0. The summed E-state index contributed by atoms with van der Waals surface area (Å²) in [5.41, 5.74) is 4.06. The van der Waals surface area contributed by atoms with Crippen LogP contribution in [0.15, 0.2) is 24.3 Å². The fraction of sp³-hybridized carbons (Fsp3) is 0.333. The number of ketones is 2. The average Bonchev–Trinajstić information content (AvgIpc) is 2.92. The van der Waals surface area contributed by atoms with Crippen molar-refractivity contribution in [2.75, 3.05) is 0 Å². The highest BCUT2D eigenvalue weighted by Crippen LogP contribution is 2.35. The van der Waals surface area contributed by atoms with E-state index >= 15 is 0 Å². The second-order valence-electron chi connectivity index (χ2n) is 5.34. The van der Waals surface area contributed by atoms with Crippen molar-refractivity contribution in [3.63, 3.8) is 0 Å². The fourth-order valence-electron chi connectivity index (χ4n) is 3.21. The van der Waals surface area contributed by atoms with Gasteiger partial charge in [-0.25, -0.2) is 0 Å². The van der Waals surface area contributed by atoms with E-state index in [1.54, 1.807) is 0 Å². The lowest BCUT2D eigenvalue weighted by Gasteiger charge is -2.10. The van der Waals surface area contributed by atoms with E-state index in [1.165, 1.54) is 5.56 Å². The van der Waals surface area contributed by atoms with Gasteiger partial charge in [-0.3, -0.25) is 9.59 Å². The molecule has 0 aromatic heterocycles. The van der Waals surface area contributed by atoms with Gasteiger partial charge in [0.25, 0.3) is 0 Å². The fourth-order valence-corrected chi connectivity index (χ4v) is 3.21. The Morgan fingerprint density at radius 1 is 0.900 bits per heavy atom. The lowest BCUT2D eigenvalue weighted by molar-refractivity contribution is 0.0981. The quantitative estimate of drug-likeness (QED) is 0.780. The Balaban J connectivity index is 2.32. The van der Waals surface area contributed by atoms with Gasteiger partial charge in [-0.05, 0) is 34.7 Å². The molecule has 0 fully saturated rings. The zero-order valence-electron chi connectivity index (χ0n) is 12.0. The van der Waals surface area contributed by atoms with Crippen LogP contribution in [0.4, 0.5) is 0 Å². The first-order valence-corrected chi connectivity index (χ1v) is 7.31. The molecule has 0 atom stereocenters. The van der Waals surface area contributed by atoms with Crippen LogP contribution in [0.3, 0.4) is 0 Å². The van der Waals surface area contributed by atoms with Crippen molar-refractivity contribution in [1.29, 1.82) is 0 Å². The lowest BCUT2D eigenvalue weighted by atomic mass is 9.92. The van der Waals surface area contributed by atoms with Crippen LogP contribution in [0.5, 0.6) is 0 Å². The highest BCUT2D eigenvalue weighted by Gasteiger charge is 2.22. The van der Waals surface area contributed by atoms with E-state index in [1.807, 2.05) is 32.0 Å². The summed E-state index contributed by atoms with van der Waals surface area (Å²) in [5.74, 6) is 0.367. The summed E-state index contributed by atoms with van der Waals surface area (Å²) in [6, 6.07) is 7.87. The minimum atomic E-state index is 0.170. The molecule has 0 radical (unpaired) electrons. The van der Waals surface area contributed by atoms with Crippen molar-refractivity contribution >= 4 is 22.3 Å². The molecule has 0 saturated carbocycles. The van der Waals surface area contributed by atoms with E-state index in [2.05, 4.69) is 6.07 Å². The van der Waals surface area contributed by atoms with Crippen LogP contribution in [0.2, 0.25) is 0 Å². The van der Waals surface area contributed by atoms with E-state index in [0.29, 0.717) is 12.8 Å². The highest BCUT2D eigenvalue weighted by atomic mass is 16.1. The second-order valence-corrected chi connectivity index (χ2v) is 5.34. The summed E-state index contributed by atoms with van der Waals surface area (Å²) in [6.07, 6.45) is 2.93. The molecule has 1 aliphatic rings.